The fourth-order valence-corrected chi connectivity index (χ4v) is 4.31. The van der Waals surface area contributed by atoms with Gasteiger partial charge in [-0.25, -0.2) is 9.78 Å². The first-order valence-electron chi connectivity index (χ1n) is 11.1. The Hall–Kier alpha value is -2.08. The second-order valence-electron chi connectivity index (χ2n) is 7.78. The van der Waals surface area contributed by atoms with E-state index in [-0.39, 0.29) is 56.8 Å². The molecule has 14 nitrogen and oxygen atoms in total. The summed E-state index contributed by atoms with van der Waals surface area (Å²) in [6, 6.07) is 0.524. The largest absolute Gasteiger partial charge is 0.505 e. The van der Waals surface area contributed by atoms with Crippen molar-refractivity contribution in [2.45, 2.75) is 36.7 Å². The number of hydrogen-bond donors (Lipinski definition) is 6. The number of rotatable bonds is 14. The van der Waals surface area contributed by atoms with E-state index in [0.717, 1.165) is 0 Å². The molecule has 2 aliphatic heterocycles. The number of carboxylic acid groups (broad SMARTS) is 1. The number of aliphatic imine (C=N–C) groups is 1. The van der Waals surface area contributed by atoms with Crippen LogP contribution < -0.4 is 4.74 Å². The van der Waals surface area contributed by atoms with Crippen LogP contribution in [-0.2, 0) is 23.7 Å². The molecule has 2 aliphatic rings. The average molecular weight is 535 g/mol. The summed E-state index contributed by atoms with van der Waals surface area (Å²) in [6.07, 6.45) is -5.23. The van der Waals surface area contributed by atoms with Crippen LogP contribution >= 0.6 is 11.8 Å². The summed E-state index contributed by atoms with van der Waals surface area (Å²) in [4.78, 5) is 19.2. The van der Waals surface area contributed by atoms with Crippen molar-refractivity contribution in [1.29, 1.82) is 0 Å². The number of aliphatic hydroxyl groups is 4. The van der Waals surface area contributed by atoms with Gasteiger partial charge in [-0.15, -0.1) is 11.8 Å². The summed E-state index contributed by atoms with van der Waals surface area (Å²) in [5.41, 5.74) is 0.208. The van der Waals surface area contributed by atoms with Crippen molar-refractivity contribution < 1.29 is 59.1 Å². The van der Waals surface area contributed by atoms with Crippen molar-refractivity contribution >= 4 is 22.8 Å². The SMILES string of the molecule is O=C(O)[C@H]1CSC(c2ncc(OCCOCCOCCOC3OC(CO)C(O)C(O)C3O)cc2O)=N1. The number of carbonyl (C=O) groups is 1. The molecule has 5 unspecified atom stereocenters. The smallest absolute Gasteiger partial charge is 0.329 e. The average Bonchev–Trinajstić information content (AvgIpc) is 3.35. The number of aromatic nitrogens is 1. The molecule has 0 aromatic carbocycles. The van der Waals surface area contributed by atoms with Crippen LogP contribution in [0.3, 0.4) is 0 Å². The highest BCUT2D eigenvalue weighted by atomic mass is 32.2. The Bertz CT molecular complexity index is 888. The zero-order valence-corrected chi connectivity index (χ0v) is 20.0. The highest BCUT2D eigenvalue weighted by molar-refractivity contribution is 8.14. The lowest BCUT2D eigenvalue weighted by Crippen LogP contribution is -2.59. The highest BCUT2D eigenvalue weighted by Crippen LogP contribution is 2.29. The summed E-state index contributed by atoms with van der Waals surface area (Å²) < 4.78 is 26.7. The minimum Gasteiger partial charge on any atom is -0.505 e. The Balaban J connectivity index is 1.24. The molecule has 202 valence electrons. The maximum atomic E-state index is 11.0. The first-order valence-corrected chi connectivity index (χ1v) is 12.1. The lowest BCUT2D eigenvalue weighted by molar-refractivity contribution is -0.302. The van der Waals surface area contributed by atoms with Crippen LogP contribution in [0.1, 0.15) is 5.69 Å². The fourth-order valence-electron chi connectivity index (χ4n) is 3.28. The van der Waals surface area contributed by atoms with Crippen LogP contribution in [0.4, 0.5) is 0 Å². The first-order chi connectivity index (χ1) is 17.3. The molecule has 0 aliphatic carbocycles. The molecule has 0 bridgehead atoms. The van der Waals surface area contributed by atoms with Gasteiger partial charge < -0.3 is 54.3 Å². The van der Waals surface area contributed by atoms with E-state index >= 15 is 0 Å². The second kappa shape index (κ2) is 14.0. The predicted octanol–water partition coefficient (Wildman–Crippen LogP) is -2.04. The molecule has 0 radical (unpaired) electrons. The molecular weight excluding hydrogens is 504 g/mol. The molecule has 1 saturated heterocycles. The van der Waals surface area contributed by atoms with Crippen molar-refractivity contribution in [3.05, 3.63) is 18.0 Å². The normalized spacial score (nSPS) is 28.2. The lowest BCUT2D eigenvalue weighted by Gasteiger charge is -2.39. The molecule has 3 heterocycles. The van der Waals surface area contributed by atoms with Gasteiger partial charge in [-0.2, -0.15) is 0 Å². The van der Waals surface area contributed by atoms with Gasteiger partial charge in [0.15, 0.2) is 12.3 Å². The number of aromatic hydroxyl groups is 1. The lowest BCUT2D eigenvalue weighted by atomic mass is 9.99. The van der Waals surface area contributed by atoms with Crippen molar-refractivity contribution in [3.8, 4) is 11.5 Å². The van der Waals surface area contributed by atoms with E-state index in [1.807, 2.05) is 0 Å². The van der Waals surface area contributed by atoms with Crippen molar-refractivity contribution in [1.82, 2.24) is 4.98 Å². The number of aliphatic carboxylic acids is 1. The van der Waals surface area contributed by atoms with Gasteiger partial charge in [0.05, 0.1) is 45.8 Å². The Morgan fingerprint density at radius 3 is 2.39 bits per heavy atom. The third-order valence-electron chi connectivity index (χ3n) is 5.21. The Kier molecular flexibility index (Phi) is 11.1. The highest BCUT2D eigenvalue weighted by Gasteiger charge is 2.43. The van der Waals surface area contributed by atoms with Crippen LogP contribution in [0.25, 0.3) is 0 Å². The van der Waals surface area contributed by atoms with E-state index in [9.17, 15) is 25.2 Å². The van der Waals surface area contributed by atoms with Gasteiger partial charge in [-0.05, 0) is 0 Å². The zero-order valence-electron chi connectivity index (χ0n) is 19.2. The van der Waals surface area contributed by atoms with Gasteiger partial charge in [0, 0.05) is 11.8 Å². The summed E-state index contributed by atoms with van der Waals surface area (Å²) >= 11 is 1.21. The van der Waals surface area contributed by atoms with Gasteiger partial charge in [0.1, 0.15) is 53.3 Å². The summed E-state index contributed by atoms with van der Waals surface area (Å²) in [7, 11) is 0. The molecule has 0 spiro atoms. The Morgan fingerprint density at radius 2 is 1.75 bits per heavy atom. The Labute approximate surface area is 210 Å². The molecule has 6 N–H and O–H groups in total. The molecule has 0 amide bonds. The van der Waals surface area contributed by atoms with Crippen molar-refractivity contribution in [2.75, 3.05) is 52.0 Å². The van der Waals surface area contributed by atoms with Crippen molar-refractivity contribution in [3.63, 3.8) is 0 Å². The molecule has 6 atom stereocenters. The van der Waals surface area contributed by atoms with E-state index in [0.29, 0.717) is 10.8 Å². The van der Waals surface area contributed by atoms with Crippen LogP contribution in [0.15, 0.2) is 17.3 Å². The number of thioether (sulfide) groups is 1. The maximum Gasteiger partial charge on any atom is 0.329 e. The molecular formula is C21H30N2O12S. The monoisotopic (exact) mass is 534 g/mol. The van der Waals surface area contributed by atoms with Gasteiger partial charge >= 0.3 is 5.97 Å². The van der Waals surface area contributed by atoms with Gasteiger partial charge in [-0.1, -0.05) is 0 Å². The van der Waals surface area contributed by atoms with E-state index in [1.54, 1.807) is 0 Å². The van der Waals surface area contributed by atoms with Gasteiger partial charge in [0.2, 0.25) is 0 Å². The third-order valence-corrected chi connectivity index (χ3v) is 6.26. The maximum absolute atomic E-state index is 11.0. The van der Waals surface area contributed by atoms with E-state index in [2.05, 4.69) is 9.98 Å². The van der Waals surface area contributed by atoms with E-state index < -0.39 is 49.3 Å². The third kappa shape index (κ3) is 7.71. The number of hydrogen-bond acceptors (Lipinski definition) is 14. The molecule has 36 heavy (non-hydrogen) atoms. The predicted molar refractivity (Wildman–Crippen MR) is 123 cm³/mol. The fraction of sp³-hybridized carbons (Fsp3) is 0.667. The number of pyridine rings is 1. The number of aliphatic hydroxyl groups excluding tert-OH is 4. The first kappa shape index (κ1) is 28.5. The quantitative estimate of drug-likeness (QED) is 0.142. The van der Waals surface area contributed by atoms with Crippen LogP contribution in [0.5, 0.6) is 11.5 Å². The van der Waals surface area contributed by atoms with E-state index in [4.69, 9.17) is 33.9 Å². The molecule has 15 heteroatoms. The standard InChI is InChI=1S/C21H30N2O12S/c24-9-14-16(26)17(27)18(28)21(35-14)34-6-4-32-2-1-31-3-5-33-11-7-13(25)15(22-8-11)19-23-12(10-36-19)20(29)30/h7-8,12,14,16-18,21,24-28H,1-6,9-10H2,(H,29,30)/t12-,14?,16?,17?,18?,21?/m1/s1. The second-order valence-corrected chi connectivity index (χ2v) is 8.79. The zero-order chi connectivity index (χ0) is 26.1. The summed E-state index contributed by atoms with van der Waals surface area (Å²) in [6.45, 7) is 0.631. The topological polar surface area (TPSA) is 210 Å². The summed E-state index contributed by atoms with van der Waals surface area (Å²) in [5, 5.41) is 58.0. The number of nitrogens with zero attached hydrogens (tertiary/aromatic N) is 2. The van der Waals surface area contributed by atoms with Gasteiger partial charge in [-0.3, -0.25) is 4.99 Å². The molecule has 1 aromatic heterocycles. The minimum absolute atomic E-state index is 0.0418. The molecule has 1 aromatic rings. The van der Waals surface area contributed by atoms with Crippen LogP contribution in [-0.4, -0.2) is 135 Å². The van der Waals surface area contributed by atoms with Crippen LogP contribution in [0.2, 0.25) is 0 Å². The minimum atomic E-state index is -1.50. The number of carboxylic acids is 1. The van der Waals surface area contributed by atoms with Gasteiger partial charge in [0.25, 0.3) is 0 Å². The summed E-state index contributed by atoms with van der Waals surface area (Å²) in [5.74, 6) is -0.579. The van der Waals surface area contributed by atoms with Crippen molar-refractivity contribution in [2.24, 2.45) is 4.99 Å². The van der Waals surface area contributed by atoms with Crippen LogP contribution in [0, 0.1) is 0 Å². The van der Waals surface area contributed by atoms with E-state index in [1.165, 1.54) is 24.0 Å². The Morgan fingerprint density at radius 1 is 1.06 bits per heavy atom. The molecule has 3 rings (SSSR count). The number of ether oxygens (including phenoxy) is 5. The molecule has 1 fully saturated rings. The molecule has 0 saturated carbocycles.